The van der Waals surface area contributed by atoms with E-state index in [1.807, 2.05) is 68.1 Å². The predicted octanol–water partition coefficient (Wildman–Crippen LogP) is 3.36. The summed E-state index contributed by atoms with van der Waals surface area (Å²) in [7, 11) is -3.73. The first kappa shape index (κ1) is 27.1. The van der Waals surface area contributed by atoms with Crippen LogP contribution in [0.5, 0.6) is 0 Å². The van der Waals surface area contributed by atoms with Crippen LogP contribution < -0.4 is 16.4 Å². The lowest BCUT2D eigenvalue weighted by Crippen LogP contribution is -2.40. The topological polar surface area (TPSA) is 165 Å². The summed E-state index contributed by atoms with van der Waals surface area (Å²) in [5.74, 6) is -0.341. The molecule has 3 N–H and O–H groups in total. The SMILES string of the molecule is CC(C)N(c1noc(=O)[nH]1)[C@H](C)CCc1nc2c(-c3ccc(-c4ccccc4)nc3)cnn2c(N)c1S(C)(=O)=O. The molecule has 12 nitrogen and oxygen atoms in total. The highest BCUT2D eigenvalue weighted by Gasteiger charge is 2.27. The highest BCUT2D eigenvalue weighted by atomic mass is 32.2. The molecule has 0 saturated heterocycles. The first-order valence-corrected chi connectivity index (χ1v) is 14.7. The summed E-state index contributed by atoms with van der Waals surface area (Å²) >= 11 is 0. The number of aromatic nitrogens is 6. The van der Waals surface area contributed by atoms with Crippen LogP contribution in [-0.2, 0) is 16.3 Å². The maximum atomic E-state index is 12.8. The van der Waals surface area contributed by atoms with E-state index in [2.05, 4.69) is 24.7 Å². The summed E-state index contributed by atoms with van der Waals surface area (Å²) in [4.78, 5) is 25.3. The monoisotopic (exact) mass is 562 g/mol. The van der Waals surface area contributed by atoms with Gasteiger partial charge in [-0.15, -0.1) is 0 Å². The number of hydrogen-bond donors (Lipinski definition) is 2. The number of hydrogen-bond acceptors (Lipinski definition) is 10. The number of nitrogen functional groups attached to an aromatic ring is 1. The summed E-state index contributed by atoms with van der Waals surface area (Å²) in [5, 5.41) is 8.18. The molecule has 0 unspecified atom stereocenters. The van der Waals surface area contributed by atoms with E-state index < -0.39 is 15.6 Å². The van der Waals surface area contributed by atoms with Gasteiger partial charge in [-0.25, -0.2) is 18.2 Å². The minimum absolute atomic E-state index is 0.00295. The third kappa shape index (κ3) is 5.19. The summed E-state index contributed by atoms with van der Waals surface area (Å²) in [6.07, 6.45) is 5.25. The molecule has 4 heterocycles. The highest BCUT2D eigenvalue weighted by Crippen LogP contribution is 2.31. The number of nitrogens with one attached hydrogen (secondary N) is 1. The standard InChI is InChI=1S/C27H30N8O4S/c1-16(2)34(26-32-27(36)39-33-26)17(3)10-12-22-23(40(4,37)38)24(28)35-25(31-22)20(15-30-35)19-11-13-21(29-14-19)18-8-6-5-7-9-18/h5-9,11,13-17H,10,12,28H2,1-4H3,(H,32,33,36)/t17-/m1/s1. The molecule has 5 aromatic rings. The van der Waals surface area contributed by atoms with Gasteiger partial charge in [-0.3, -0.25) is 14.5 Å². The third-order valence-corrected chi connectivity index (χ3v) is 7.91. The van der Waals surface area contributed by atoms with Crippen LogP contribution in [0.2, 0.25) is 0 Å². The zero-order valence-corrected chi connectivity index (χ0v) is 23.4. The molecule has 0 aliphatic carbocycles. The Kier molecular flexibility index (Phi) is 7.15. The van der Waals surface area contributed by atoms with Gasteiger partial charge in [0.15, 0.2) is 15.5 Å². The molecule has 0 amide bonds. The summed E-state index contributed by atoms with van der Waals surface area (Å²) in [6.45, 7) is 5.88. The summed E-state index contributed by atoms with van der Waals surface area (Å²) in [6, 6.07) is 13.5. The van der Waals surface area contributed by atoms with Crippen LogP contribution in [0.15, 0.2) is 69.1 Å². The third-order valence-electron chi connectivity index (χ3n) is 6.73. The Morgan fingerprint density at radius 2 is 1.82 bits per heavy atom. The van der Waals surface area contributed by atoms with Gasteiger partial charge < -0.3 is 10.6 Å². The molecule has 0 aliphatic rings. The van der Waals surface area contributed by atoms with Crippen molar-refractivity contribution in [3.8, 4) is 22.4 Å². The lowest BCUT2D eigenvalue weighted by molar-refractivity contribution is 0.382. The van der Waals surface area contributed by atoms with Gasteiger partial charge in [0, 0.05) is 41.2 Å². The van der Waals surface area contributed by atoms with Crippen LogP contribution >= 0.6 is 0 Å². The van der Waals surface area contributed by atoms with Crippen molar-refractivity contribution < 1.29 is 12.9 Å². The molecule has 0 radical (unpaired) electrons. The Morgan fingerprint density at radius 1 is 1.07 bits per heavy atom. The Hall–Kier alpha value is -4.52. The summed E-state index contributed by atoms with van der Waals surface area (Å²) in [5.41, 5.74) is 10.4. The fourth-order valence-corrected chi connectivity index (χ4v) is 5.98. The van der Waals surface area contributed by atoms with E-state index in [0.29, 0.717) is 35.7 Å². The molecule has 1 aromatic carbocycles. The molecule has 0 aliphatic heterocycles. The molecule has 0 fully saturated rings. The van der Waals surface area contributed by atoms with Crippen molar-refractivity contribution in [2.75, 3.05) is 16.9 Å². The van der Waals surface area contributed by atoms with Gasteiger partial charge in [-0.2, -0.15) is 9.61 Å². The van der Waals surface area contributed by atoms with Gasteiger partial charge >= 0.3 is 5.76 Å². The number of H-pyrrole nitrogens is 1. The highest BCUT2D eigenvalue weighted by molar-refractivity contribution is 7.91. The minimum atomic E-state index is -3.73. The van der Waals surface area contributed by atoms with Crippen molar-refractivity contribution in [1.29, 1.82) is 0 Å². The number of pyridine rings is 1. The molecule has 13 heteroatoms. The van der Waals surface area contributed by atoms with Crippen molar-refractivity contribution in [3.05, 3.63) is 71.1 Å². The van der Waals surface area contributed by atoms with Crippen molar-refractivity contribution in [3.63, 3.8) is 0 Å². The van der Waals surface area contributed by atoms with Gasteiger partial charge in [0.05, 0.1) is 17.6 Å². The molecule has 40 heavy (non-hydrogen) atoms. The molecule has 1 atom stereocenters. The van der Waals surface area contributed by atoms with Gasteiger partial charge in [0.2, 0.25) is 5.95 Å². The van der Waals surface area contributed by atoms with Crippen molar-refractivity contribution in [2.24, 2.45) is 0 Å². The van der Waals surface area contributed by atoms with E-state index >= 15 is 0 Å². The van der Waals surface area contributed by atoms with Crippen LogP contribution in [0, 0.1) is 0 Å². The van der Waals surface area contributed by atoms with E-state index in [0.717, 1.165) is 23.1 Å². The molecule has 5 rings (SSSR count). The van der Waals surface area contributed by atoms with Crippen molar-refractivity contribution in [2.45, 2.75) is 50.6 Å². The zero-order valence-electron chi connectivity index (χ0n) is 22.6. The minimum Gasteiger partial charge on any atom is -0.382 e. The van der Waals surface area contributed by atoms with Gasteiger partial charge in [0.1, 0.15) is 10.7 Å². The number of aryl methyl sites for hydroxylation is 1. The van der Waals surface area contributed by atoms with Crippen LogP contribution in [0.3, 0.4) is 0 Å². The quantitative estimate of drug-likeness (QED) is 0.272. The molecule has 4 aromatic heterocycles. The first-order chi connectivity index (χ1) is 19.0. The average Bonchev–Trinajstić information content (AvgIpc) is 3.53. The van der Waals surface area contributed by atoms with Crippen LogP contribution in [0.25, 0.3) is 28.0 Å². The normalized spacial score (nSPS) is 12.7. The van der Waals surface area contributed by atoms with Gasteiger partial charge in [-0.05, 0) is 44.8 Å². The lowest BCUT2D eigenvalue weighted by Gasteiger charge is -2.31. The molecule has 208 valence electrons. The maximum Gasteiger partial charge on any atom is 0.440 e. The average molecular weight is 563 g/mol. The zero-order chi connectivity index (χ0) is 28.6. The lowest BCUT2D eigenvalue weighted by atomic mass is 10.1. The Bertz CT molecular complexity index is 1810. The number of fused-ring (bicyclic) bond motifs is 1. The fraction of sp³-hybridized carbons (Fsp3) is 0.296. The van der Waals surface area contributed by atoms with E-state index in [1.54, 1.807) is 12.4 Å². The number of aromatic amines is 1. The van der Waals surface area contributed by atoms with Crippen LogP contribution in [0.4, 0.5) is 11.8 Å². The van der Waals surface area contributed by atoms with E-state index in [4.69, 9.17) is 10.7 Å². The first-order valence-electron chi connectivity index (χ1n) is 12.8. The molecule has 0 spiro atoms. The van der Waals surface area contributed by atoms with Gasteiger partial charge in [-0.1, -0.05) is 36.4 Å². The van der Waals surface area contributed by atoms with Crippen LogP contribution in [-0.4, -0.2) is 56.5 Å². The largest absolute Gasteiger partial charge is 0.440 e. The van der Waals surface area contributed by atoms with E-state index in [-0.39, 0.29) is 22.8 Å². The number of anilines is 2. The second kappa shape index (κ2) is 10.6. The second-order valence-electron chi connectivity index (χ2n) is 9.94. The van der Waals surface area contributed by atoms with Crippen molar-refractivity contribution >= 4 is 27.3 Å². The molecule has 0 bridgehead atoms. The number of rotatable bonds is 9. The second-order valence-corrected chi connectivity index (χ2v) is 11.9. The number of nitrogens with two attached hydrogens (primary N) is 1. The van der Waals surface area contributed by atoms with Crippen LogP contribution in [0.1, 0.15) is 32.9 Å². The fourth-order valence-electron chi connectivity index (χ4n) is 4.94. The number of benzene rings is 1. The van der Waals surface area contributed by atoms with E-state index in [1.165, 1.54) is 4.52 Å². The smallest absolute Gasteiger partial charge is 0.382 e. The van der Waals surface area contributed by atoms with E-state index in [9.17, 15) is 13.2 Å². The van der Waals surface area contributed by atoms with Gasteiger partial charge in [0.25, 0.3) is 0 Å². The Morgan fingerprint density at radius 3 is 2.42 bits per heavy atom. The molecule has 0 saturated carbocycles. The van der Waals surface area contributed by atoms with Crippen molar-refractivity contribution in [1.82, 2.24) is 29.7 Å². The Labute approximate surface area is 230 Å². The molecular formula is C27H30N8O4S. The predicted molar refractivity (Wildman–Crippen MR) is 152 cm³/mol. The summed E-state index contributed by atoms with van der Waals surface area (Å²) < 4.78 is 31.7. The number of sulfone groups is 1. The maximum absolute atomic E-state index is 12.8. The molecular weight excluding hydrogens is 532 g/mol. The Balaban J connectivity index is 1.52. The number of nitrogens with zero attached hydrogens (tertiary/aromatic N) is 6.